The van der Waals surface area contributed by atoms with E-state index in [-0.39, 0.29) is 12.0 Å². The molecular formula is C12H17N3O2. The van der Waals surface area contributed by atoms with Crippen molar-refractivity contribution in [1.82, 2.24) is 4.90 Å². The fourth-order valence-electron chi connectivity index (χ4n) is 1.97. The second kappa shape index (κ2) is 5.16. The van der Waals surface area contributed by atoms with Crippen molar-refractivity contribution in [3.8, 4) is 0 Å². The third-order valence-corrected chi connectivity index (χ3v) is 2.84. The maximum Gasteiger partial charge on any atom is 0.256 e. The summed E-state index contributed by atoms with van der Waals surface area (Å²) in [5.74, 6) is 5.39. The van der Waals surface area contributed by atoms with E-state index in [1.807, 2.05) is 19.1 Å². The molecule has 1 aliphatic heterocycles. The van der Waals surface area contributed by atoms with Gasteiger partial charge < -0.3 is 15.1 Å². The van der Waals surface area contributed by atoms with Gasteiger partial charge in [0.25, 0.3) is 5.91 Å². The van der Waals surface area contributed by atoms with Crippen LogP contribution >= 0.6 is 0 Å². The van der Waals surface area contributed by atoms with Crippen LogP contribution < -0.4 is 11.3 Å². The van der Waals surface area contributed by atoms with Gasteiger partial charge in [0, 0.05) is 13.1 Å². The number of rotatable bonds is 2. The van der Waals surface area contributed by atoms with E-state index in [0.29, 0.717) is 30.9 Å². The van der Waals surface area contributed by atoms with Gasteiger partial charge in [0.2, 0.25) is 0 Å². The van der Waals surface area contributed by atoms with Crippen LogP contribution in [0.1, 0.15) is 17.3 Å². The number of amides is 1. The Kier molecular flexibility index (Phi) is 3.61. The average molecular weight is 235 g/mol. The van der Waals surface area contributed by atoms with Gasteiger partial charge in [-0.15, -0.1) is 0 Å². The molecular weight excluding hydrogens is 218 g/mol. The van der Waals surface area contributed by atoms with Crippen LogP contribution in [-0.2, 0) is 4.74 Å². The summed E-state index contributed by atoms with van der Waals surface area (Å²) in [4.78, 5) is 14.1. The van der Waals surface area contributed by atoms with E-state index in [1.165, 1.54) is 0 Å². The molecule has 1 saturated heterocycles. The standard InChI is InChI=1S/C12H17N3O2/c1-9-8-15(6-7-17-9)12(16)10-4-2-3-5-11(10)14-13/h2-5,9,14H,6-8,13H2,1H3. The van der Waals surface area contributed by atoms with Crippen LogP contribution in [0.3, 0.4) is 0 Å². The van der Waals surface area contributed by atoms with Gasteiger partial charge in [-0.25, -0.2) is 0 Å². The van der Waals surface area contributed by atoms with Gasteiger partial charge in [0.15, 0.2) is 0 Å². The maximum absolute atomic E-state index is 12.3. The first-order chi connectivity index (χ1) is 8.22. The first-order valence-corrected chi connectivity index (χ1v) is 5.69. The Labute approximate surface area is 101 Å². The van der Waals surface area contributed by atoms with Crippen LogP contribution in [0.5, 0.6) is 0 Å². The Bertz CT molecular complexity index is 408. The summed E-state index contributed by atoms with van der Waals surface area (Å²) in [6.07, 6.45) is 0.0886. The third kappa shape index (κ3) is 2.57. The second-order valence-electron chi connectivity index (χ2n) is 4.12. The number of anilines is 1. The van der Waals surface area contributed by atoms with Gasteiger partial charge in [0.05, 0.1) is 24.0 Å². The molecule has 0 bridgehead atoms. The molecule has 3 N–H and O–H groups in total. The quantitative estimate of drug-likeness (QED) is 0.588. The number of carbonyl (C=O) groups is 1. The van der Waals surface area contributed by atoms with E-state index >= 15 is 0 Å². The molecule has 0 aromatic heterocycles. The highest BCUT2D eigenvalue weighted by atomic mass is 16.5. The maximum atomic E-state index is 12.3. The molecule has 1 atom stereocenters. The lowest BCUT2D eigenvalue weighted by molar-refractivity contribution is -0.0123. The summed E-state index contributed by atoms with van der Waals surface area (Å²) < 4.78 is 5.42. The van der Waals surface area contributed by atoms with Crippen molar-refractivity contribution in [3.05, 3.63) is 29.8 Å². The molecule has 1 aromatic carbocycles. The summed E-state index contributed by atoms with van der Waals surface area (Å²) in [5, 5.41) is 0. The highest BCUT2D eigenvalue weighted by molar-refractivity contribution is 5.99. The smallest absolute Gasteiger partial charge is 0.256 e. The Morgan fingerprint density at radius 1 is 1.53 bits per heavy atom. The molecule has 0 saturated carbocycles. The number of nitrogens with zero attached hydrogens (tertiary/aromatic N) is 1. The second-order valence-corrected chi connectivity index (χ2v) is 4.12. The SMILES string of the molecule is CC1CN(C(=O)c2ccccc2NN)CCO1. The molecule has 1 unspecified atom stereocenters. The minimum atomic E-state index is -0.00583. The number of hydrogen-bond acceptors (Lipinski definition) is 4. The van der Waals surface area contributed by atoms with E-state index in [1.54, 1.807) is 17.0 Å². The number of ether oxygens (including phenoxy) is 1. The van der Waals surface area contributed by atoms with Crippen LogP contribution in [0, 0.1) is 0 Å². The van der Waals surface area contributed by atoms with E-state index in [2.05, 4.69) is 5.43 Å². The molecule has 1 heterocycles. The van der Waals surface area contributed by atoms with E-state index in [4.69, 9.17) is 10.6 Å². The van der Waals surface area contributed by atoms with Gasteiger partial charge >= 0.3 is 0 Å². The van der Waals surface area contributed by atoms with Crippen LogP contribution in [-0.4, -0.2) is 36.6 Å². The largest absolute Gasteiger partial charge is 0.375 e. The Hall–Kier alpha value is -1.59. The number of nitrogen functional groups attached to an aromatic ring is 1. The van der Waals surface area contributed by atoms with Crippen molar-refractivity contribution < 1.29 is 9.53 Å². The third-order valence-electron chi connectivity index (χ3n) is 2.84. The molecule has 1 amide bonds. The number of morpholine rings is 1. The predicted octanol–water partition coefficient (Wildman–Crippen LogP) is 0.833. The number of hydrogen-bond donors (Lipinski definition) is 2. The number of carbonyl (C=O) groups excluding carboxylic acids is 1. The molecule has 0 aliphatic carbocycles. The van der Waals surface area contributed by atoms with Crippen molar-refractivity contribution in [1.29, 1.82) is 0 Å². The number of para-hydroxylation sites is 1. The number of hydrazine groups is 1. The Morgan fingerprint density at radius 2 is 2.29 bits per heavy atom. The number of nitrogens with two attached hydrogens (primary N) is 1. The lowest BCUT2D eigenvalue weighted by Gasteiger charge is -2.31. The zero-order valence-corrected chi connectivity index (χ0v) is 9.85. The average Bonchev–Trinajstić information content (AvgIpc) is 2.38. The van der Waals surface area contributed by atoms with E-state index in [0.717, 1.165) is 0 Å². The van der Waals surface area contributed by atoms with Crippen molar-refractivity contribution in [2.24, 2.45) is 5.84 Å². The molecule has 2 rings (SSSR count). The summed E-state index contributed by atoms with van der Waals surface area (Å²) in [6, 6.07) is 7.24. The zero-order chi connectivity index (χ0) is 12.3. The molecule has 1 aromatic rings. The first kappa shape index (κ1) is 11.9. The number of benzene rings is 1. The monoisotopic (exact) mass is 235 g/mol. The van der Waals surface area contributed by atoms with Crippen molar-refractivity contribution >= 4 is 11.6 Å². The molecule has 0 spiro atoms. The first-order valence-electron chi connectivity index (χ1n) is 5.69. The predicted molar refractivity (Wildman–Crippen MR) is 65.6 cm³/mol. The summed E-state index contributed by atoms with van der Waals surface area (Å²) in [6.45, 7) is 3.80. The van der Waals surface area contributed by atoms with Crippen molar-refractivity contribution in [3.63, 3.8) is 0 Å². The van der Waals surface area contributed by atoms with Crippen molar-refractivity contribution in [2.45, 2.75) is 13.0 Å². The van der Waals surface area contributed by atoms with Crippen LogP contribution in [0.25, 0.3) is 0 Å². The molecule has 1 fully saturated rings. The normalized spacial score (nSPS) is 20.1. The number of nitrogens with one attached hydrogen (secondary N) is 1. The van der Waals surface area contributed by atoms with Crippen LogP contribution in [0.2, 0.25) is 0 Å². The topological polar surface area (TPSA) is 67.6 Å². The summed E-state index contributed by atoms with van der Waals surface area (Å²) in [7, 11) is 0. The van der Waals surface area contributed by atoms with E-state index < -0.39 is 0 Å². The highest BCUT2D eigenvalue weighted by Gasteiger charge is 2.23. The van der Waals surface area contributed by atoms with Gasteiger partial charge in [-0.2, -0.15) is 0 Å². The molecule has 17 heavy (non-hydrogen) atoms. The van der Waals surface area contributed by atoms with Gasteiger partial charge in [-0.3, -0.25) is 10.6 Å². The molecule has 5 nitrogen and oxygen atoms in total. The fourth-order valence-corrected chi connectivity index (χ4v) is 1.97. The van der Waals surface area contributed by atoms with E-state index in [9.17, 15) is 4.79 Å². The Balaban J connectivity index is 2.18. The van der Waals surface area contributed by atoms with Gasteiger partial charge in [-0.1, -0.05) is 12.1 Å². The lowest BCUT2D eigenvalue weighted by atomic mass is 10.1. The van der Waals surface area contributed by atoms with Crippen molar-refractivity contribution in [2.75, 3.05) is 25.1 Å². The van der Waals surface area contributed by atoms with Gasteiger partial charge in [-0.05, 0) is 19.1 Å². The van der Waals surface area contributed by atoms with Crippen LogP contribution in [0.15, 0.2) is 24.3 Å². The highest BCUT2D eigenvalue weighted by Crippen LogP contribution is 2.17. The minimum absolute atomic E-state index is 0.00583. The minimum Gasteiger partial charge on any atom is -0.375 e. The lowest BCUT2D eigenvalue weighted by Crippen LogP contribution is -2.44. The molecule has 5 heteroatoms. The molecule has 1 aliphatic rings. The molecule has 92 valence electrons. The summed E-state index contributed by atoms with van der Waals surface area (Å²) in [5.41, 5.74) is 3.80. The Morgan fingerprint density at radius 3 is 3.00 bits per heavy atom. The summed E-state index contributed by atoms with van der Waals surface area (Å²) >= 11 is 0. The van der Waals surface area contributed by atoms with Gasteiger partial charge in [0.1, 0.15) is 0 Å². The van der Waals surface area contributed by atoms with Crippen LogP contribution in [0.4, 0.5) is 5.69 Å². The molecule has 0 radical (unpaired) electrons. The zero-order valence-electron chi connectivity index (χ0n) is 9.85. The fraction of sp³-hybridized carbons (Fsp3) is 0.417.